The lowest BCUT2D eigenvalue weighted by Crippen LogP contribution is -2.36. The molecule has 2 aromatic carbocycles. The zero-order valence-electron chi connectivity index (χ0n) is 15.0. The minimum absolute atomic E-state index is 0.0444. The normalized spacial score (nSPS) is 18.2. The van der Waals surface area contributed by atoms with Crippen LogP contribution < -0.4 is 5.32 Å². The standard InChI is InChI=1S/C23H19FN2O2/c24-18-6-3-5-15(12-18)17-8-9-19(25-14-17)10-11-21-20-7-2-1-4-16(20)13-22(21)26-23(27)28/h1-12,14,21-22,26H,13H2,(H,27,28)/b11-10+/t21-,22-/m0/s1. The van der Waals surface area contributed by atoms with Crippen molar-refractivity contribution < 1.29 is 14.3 Å². The van der Waals surface area contributed by atoms with Gasteiger partial charge in [0.1, 0.15) is 5.82 Å². The van der Waals surface area contributed by atoms with Crippen LogP contribution in [0.15, 0.2) is 72.9 Å². The predicted octanol–water partition coefficient (Wildman–Crippen LogP) is 4.88. The number of nitrogens with zero attached hydrogens (tertiary/aromatic N) is 1. The summed E-state index contributed by atoms with van der Waals surface area (Å²) >= 11 is 0. The molecule has 4 nitrogen and oxygen atoms in total. The van der Waals surface area contributed by atoms with Crippen LogP contribution in [0.4, 0.5) is 9.18 Å². The van der Waals surface area contributed by atoms with Crippen molar-refractivity contribution in [3.05, 3.63) is 95.6 Å². The maximum absolute atomic E-state index is 13.4. The van der Waals surface area contributed by atoms with Crippen molar-refractivity contribution >= 4 is 12.2 Å². The number of rotatable bonds is 4. The fourth-order valence-corrected chi connectivity index (χ4v) is 3.71. The van der Waals surface area contributed by atoms with Crippen LogP contribution in [0.3, 0.4) is 0 Å². The highest BCUT2D eigenvalue weighted by molar-refractivity contribution is 5.66. The Morgan fingerprint density at radius 1 is 1.11 bits per heavy atom. The van der Waals surface area contributed by atoms with Crippen molar-refractivity contribution in [3.63, 3.8) is 0 Å². The van der Waals surface area contributed by atoms with E-state index < -0.39 is 6.09 Å². The average Bonchev–Trinajstić information content (AvgIpc) is 3.03. The number of nitrogens with one attached hydrogen (secondary N) is 1. The molecule has 0 saturated carbocycles. The molecule has 0 aliphatic heterocycles. The number of amides is 1. The molecular formula is C23H19FN2O2. The Balaban J connectivity index is 1.56. The van der Waals surface area contributed by atoms with Gasteiger partial charge in [-0.15, -0.1) is 0 Å². The minimum Gasteiger partial charge on any atom is -0.465 e. The highest BCUT2D eigenvalue weighted by Crippen LogP contribution is 2.34. The maximum atomic E-state index is 13.4. The first kappa shape index (κ1) is 17.9. The van der Waals surface area contributed by atoms with Crippen molar-refractivity contribution in [3.8, 4) is 11.1 Å². The van der Waals surface area contributed by atoms with Crippen LogP contribution in [-0.2, 0) is 6.42 Å². The minimum atomic E-state index is -1.02. The van der Waals surface area contributed by atoms with E-state index >= 15 is 0 Å². The van der Waals surface area contributed by atoms with Crippen LogP contribution in [-0.4, -0.2) is 22.2 Å². The van der Waals surface area contributed by atoms with Gasteiger partial charge in [-0.3, -0.25) is 4.98 Å². The molecule has 0 radical (unpaired) electrons. The number of hydrogen-bond acceptors (Lipinski definition) is 2. The number of halogens is 1. The molecule has 5 heteroatoms. The third-order valence-electron chi connectivity index (χ3n) is 5.02. The summed E-state index contributed by atoms with van der Waals surface area (Å²) in [4.78, 5) is 15.6. The monoisotopic (exact) mass is 374 g/mol. The van der Waals surface area contributed by atoms with Crippen LogP contribution in [0.2, 0.25) is 0 Å². The molecule has 0 spiro atoms. The van der Waals surface area contributed by atoms with E-state index in [0.29, 0.717) is 6.42 Å². The Hall–Kier alpha value is -3.47. The third-order valence-corrected chi connectivity index (χ3v) is 5.02. The quantitative estimate of drug-likeness (QED) is 0.684. The van der Waals surface area contributed by atoms with Crippen molar-refractivity contribution in [2.75, 3.05) is 0 Å². The van der Waals surface area contributed by atoms with Gasteiger partial charge in [-0.2, -0.15) is 0 Å². The lowest BCUT2D eigenvalue weighted by atomic mass is 9.97. The van der Waals surface area contributed by atoms with Gasteiger partial charge in [-0.25, -0.2) is 9.18 Å². The zero-order valence-corrected chi connectivity index (χ0v) is 15.0. The molecule has 140 valence electrons. The maximum Gasteiger partial charge on any atom is 0.404 e. The second-order valence-electron chi connectivity index (χ2n) is 6.83. The predicted molar refractivity (Wildman–Crippen MR) is 107 cm³/mol. The topological polar surface area (TPSA) is 62.2 Å². The molecule has 0 bridgehead atoms. The lowest BCUT2D eigenvalue weighted by molar-refractivity contribution is 0.189. The molecule has 2 atom stereocenters. The summed E-state index contributed by atoms with van der Waals surface area (Å²) in [6.45, 7) is 0. The molecule has 0 fully saturated rings. The van der Waals surface area contributed by atoms with Crippen LogP contribution in [0.25, 0.3) is 17.2 Å². The fraction of sp³-hybridized carbons (Fsp3) is 0.130. The summed E-state index contributed by atoms with van der Waals surface area (Å²) in [6, 6.07) is 18.0. The second kappa shape index (κ2) is 7.64. The van der Waals surface area contributed by atoms with Gasteiger partial charge in [-0.05, 0) is 47.4 Å². The van der Waals surface area contributed by atoms with E-state index in [9.17, 15) is 9.18 Å². The first-order chi connectivity index (χ1) is 13.6. The van der Waals surface area contributed by atoms with Crippen molar-refractivity contribution in [1.29, 1.82) is 0 Å². The summed E-state index contributed by atoms with van der Waals surface area (Å²) in [5.41, 5.74) is 4.67. The number of carbonyl (C=O) groups is 1. The van der Waals surface area contributed by atoms with E-state index in [0.717, 1.165) is 27.9 Å². The molecule has 1 heterocycles. The SMILES string of the molecule is O=C(O)N[C@H]1Cc2ccccc2[C@@H]1/C=C/c1ccc(-c2cccc(F)c2)cn1. The molecule has 4 rings (SSSR count). The largest absolute Gasteiger partial charge is 0.465 e. The van der Waals surface area contributed by atoms with Crippen LogP contribution in [0.1, 0.15) is 22.7 Å². The summed E-state index contributed by atoms with van der Waals surface area (Å²) in [5, 5.41) is 11.8. The highest BCUT2D eigenvalue weighted by atomic mass is 19.1. The fourth-order valence-electron chi connectivity index (χ4n) is 3.71. The Bertz CT molecular complexity index is 1030. The molecule has 1 aliphatic carbocycles. The van der Waals surface area contributed by atoms with Gasteiger partial charge in [0, 0.05) is 23.7 Å². The summed E-state index contributed by atoms with van der Waals surface area (Å²) < 4.78 is 13.4. The molecule has 1 aliphatic rings. The smallest absolute Gasteiger partial charge is 0.404 e. The van der Waals surface area contributed by atoms with Gasteiger partial charge in [0.2, 0.25) is 0 Å². The Morgan fingerprint density at radius 3 is 2.71 bits per heavy atom. The van der Waals surface area contributed by atoms with Gasteiger partial charge in [0.05, 0.1) is 5.69 Å². The molecule has 0 unspecified atom stereocenters. The van der Waals surface area contributed by atoms with Gasteiger partial charge < -0.3 is 10.4 Å². The van der Waals surface area contributed by atoms with E-state index in [-0.39, 0.29) is 17.8 Å². The number of fused-ring (bicyclic) bond motifs is 1. The second-order valence-corrected chi connectivity index (χ2v) is 6.83. The Labute approximate surface area is 162 Å². The van der Waals surface area contributed by atoms with Crippen molar-refractivity contribution in [1.82, 2.24) is 10.3 Å². The summed E-state index contributed by atoms with van der Waals surface area (Å²) in [5.74, 6) is -0.324. The van der Waals surface area contributed by atoms with E-state index in [1.54, 1.807) is 12.3 Å². The summed E-state index contributed by atoms with van der Waals surface area (Å²) in [7, 11) is 0. The van der Waals surface area contributed by atoms with Gasteiger partial charge in [-0.1, -0.05) is 48.5 Å². The molecular weight excluding hydrogens is 355 g/mol. The number of hydrogen-bond donors (Lipinski definition) is 2. The van der Waals surface area contributed by atoms with Crippen LogP contribution in [0, 0.1) is 5.82 Å². The van der Waals surface area contributed by atoms with E-state index in [2.05, 4.69) is 10.3 Å². The van der Waals surface area contributed by atoms with Gasteiger partial charge in [0.25, 0.3) is 0 Å². The Kier molecular flexibility index (Phi) is 4.89. The molecule has 3 aromatic rings. The molecule has 1 aromatic heterocycles. The van der Waals surface area contributed by atoms with Crippen molar-refractivity contribution in [2.24, 2.45) is 0 Å². The molecule has 28 heavy (non-hydrogen) atoms. The molecule has 0 saturated heterocycles. The van der Waals surface area contributed by atoms with Crippen LogP contribution in [0.5, 0.6) is 0 Å². The number of carboxylic acid groups (broad SMARTS) is 1. The lowest BCUT2D eigenvalue weighted by Gasteiger charge is -2.17. The Morgan fingerprint density at radius 2 is 1.96 bits per heavy atom. The zero-order chi connectivity index (χ0) is 19.5. The van der Waals surface area contributed by atoms with Gasteiger partial charge in [0.15, 0.2) is 0 Å². The molecule has 2 N–H and O–H groups in total. The number of benzene rings is 2. The van der Waals surface area contributed by atoms with Crippen LogP contribution >= 0.6 is 0 Å². The first-order valence-electron chi connectivity index (χ1n) is 9.07. The average molecular weight is 374 g/mol. The molecule has 1 amide bonds. The van der Waals surface area contributed by atoms with E-state index in [4.69, 9.17) is 5.11 Å². The number of aromatic nitrogens is 1. The van der Waals surface area contributed by atoms with Gasteiger partial charge >= 0.3 is 6.09 Å². The highest BCUT2D eigenvalue weighted by Gasteiger charge is 2.31. The van der Waals surface area contributed by atoms with E-state index in [1.807, 2.05) is 54.6 Å². The summed E-state index contributed by atoms with van der Waals surface area (Å²) in [6.07, 6.45) is 5.26. The van der Waals surface area contributed by atoms with Crippen molar-refractivity contribution in [2.45, 2.75) is 18.4 Å². The first-order valence-corrected chi connectivity index (χ1v) is 9.07. The number of pyridine rings is 1. The van der Waals surface area contributed by atoms with E-state index in [1.165, 1.54) is 12.1 Å². The third kappa shape index (κ3) is 3.78.